The third-order valence-corrected chi connectivity index (χ3v) is 3.48. The molecule has 24 heavy (non-hydrogen) atoms. The van der Waals surface area contributed by atoms with E-state index < -0.39 is 0 Å². The van der Waals surface area contributed by atoms with Gasteiger partial charge in [-0.1, -0.05) is 24.3 Å². The Labute approximate surface area is 138 Å². The van der Waals surface area contributed by atoms with Crippen LogP contribution in [0, 0.1) is 12.7 Å². The van der Waals surface area contributed by atoms with E-state index >= 15 is 0 Å². The lowest BCUT2D eigenvalue weighted by Gasteiger charge is -2.04. The van der Waals surface area contributed by atoms with Crippen LogP contribution in [0.3, 0.4) is 0 Å². The normalized spacial score (nSPS) is 10.6. The Morgan fingerprint density at radius 3 is 2.75 bits per heavy atom. The molecule has 3 aromatic rings. The number of H-pyrrole nitrogens is 1. The van der Waals surface area contributed by atoms with E-state index in [1.54, 1.807) is 12.1 Å². The van der Waals surface area contributed by atoms with E-state index in [9.17, 15) is 9.18 Å². The molecule has 0 bridgehead atoms. The van der Waals surface area contributed by atoms with E-state index in [4.69, 9.17) is 0 Å². The third kappa shape index (κ3) is 4.25. The Balaban J connectivity index is 1.59. The monoisotopic (exact) mass is 324 g/mol. The molecule has 5 nitrogen and oxygen atoms in total. The van der Waals surface area contributed by atoms with E-state index in [2.05, 4.69) is 20.5 Å². The molecule has 0 saturated carbocycles. The molecule has 0 aliphatic carbocycles. The number of nitrogens with one attached hydrogen (secondary N) is 2. The molecule has 3 rings (SSSR count). The first-order chi connectivity index (χ1) is 11.6. The Morgan fingerprint density at radius 2 is 2.00 bits per heavy atom. The molecule has 0 fully saturated rings. The number of aromatic amines is 1. The molecule has 6 heteroatoms. The Kier molecular flexibility index (Phi) is 4.65. The van der Waals surface area contributed by atoms with Gasteiger partial charge in [0.25, 0.3) is 0 Å². The molecular formula is C18H17FN4O. The molecule has 0 spiro atoms. The molecule has 0 radical (unpaired) electrons. The van der Waals surface area contributed by atoms with Crippen LogP contribution in [0.5, 0.6) is 0 Å². The van der Waals surface area contributed by atoms with Gasteiger partial charge in [-0.15, -0.1) is 0 Å². The second-order valence-electron chi connectivity index (χ2n) is 5.60. The summed E-state index contributed by atoms with van der Waals surface area (Å²) in [7, 11) is 0. The lowest BCUT2D eigenvalue weighted by atomic mass is 10.1. The van der Waals surface area contributed by atoms with Crippen molar-refractivity contribution in [2.45, 2.75) is 19.8 Å². The minimum Gasteiger partial charge on any atom is -0.326 e. The van der Waals surface area contributed by atoms with Gasteiger partial charge in [-0.3, -0.25) is 9.89 Å². The van der Waals surface area contributed by atoms with Gasteiger partial charge < -0.3 is 5.32 Å². The number of benzene rings is 2. The van der Waals surface area contributed by atoms with E-state index in [-0.39, 0.29) is 18.1 Å². The first-order valence-corrected chi connectivity index (χ1v) is 7.59. The maximum absolute atomic E-state index is 12.9. The molecule has 122 valence electrons. The molecule has 0 aliphatic rings. The number of nitrogens with zero attached hydrogens (tertiary/aromatic N) is 2. The van der Waals surface area contributed by atoms with Crippen LogP contribution in [0.25, 0.3) is 0 Å². The predicted molar refractivity (Wildman–Crippen MR) is 89.1 cm³/mol. The van der Waals surface area contributed by atoms with Crippen LogP contribution in [0.4, 0.5) is 10.1 Å². The molecule has 1 aromatic heterocycles. The van der Waals surface area contributed by atoms with Crippen LogP contribution in [0.1, 0.15) is 22.8 Å². The fourth-order valence-corrected chi connectivity index (χ4v) is 2.36. The second kappa shape index (κ2) is 7.04. The van der Waals surface area contributed by atoms with Crippen molar-refractivity contribution in [2.24, 2.45) is 0 Å². The molecule has 1 heterocycles. The molecule has 2 N–H and O–H groups in total. The molecular weight excluding hydrogens is 307 g/mol. The average molecular weight is 324 g/mol. The molecule has 1 amide bonds. The summed E-state index contributed by atoms with van der Waals surface area (Å²) in [4.78, 5) is 16.4. The van der Waals surface area contributed by atoms with Crippen molar-refractivity contribution in [3.63, 3.8) is 0 Å². The number of amides is 1. The standard InChI is InChI=1S/C18H17FN4O/c1-12-3-2-4-15(9-12)20-18(24)11-17-21-16(22-23-17)10-13-5-7-14(19)8-6-13/h2-9H,10-11H2,1H3,(H,20,24)(H,21,22,23). The van der Waals surface area contributed by atoms with Crippen molar-refractivity contribution in [3.05, 3.63) is 77.1 Å². The zero-order chi connectivity index (χ0) is 16.9. The Morgan fingerprint density at radius 1 is 1.21 bits per heavy atom. The van der Waals surface area contributed by atoms with Gasteiger partial charge in [-0.2, -0.15) is 5.10 Å². The topological polar surface area (TPSA) is 70.7 Å². The smallest absolute Gasteiger partial charge is 0.232 e. The number of aromatic nitrogens is 3. The summed E-state index contributed by atoms with van der Waals surface area (Å²) < 4.78 is 12.9. The van der Waals surface area contributed by atoms with Crippen LogP contribution >= 0.6 is 0 Å². The highest BCUT2D eigenvalue weighted by atomic mass is 19.1. The average Bonchev–Trinajstić information content (AvgIpc) is 2.96. The minimum absolute atomic E-state index is 0.0911. The number of rotatable bonds is 5. The first kappa shape index (κ1) is 15.9. The highest BCUT2D eigenvalue weighted by molar-refractivity contribution is 5.91. The molecule has 0 unspecified atom stereocenters. The molecule has 0 atom stereocenters. The summed E-state index contributed by atoms with van der Waals surface area (Å²) in [5.41, 5.74) is 2.75. The van der Waals surface area contributed by atoms with Gasteiger partial charge in [-0.25, -0.2) is 9.37 Å². The summed E-state index contributed by atoms with van der Waals surface area (Å²) in [6, 6.07) is 13.8. The van der Waals surface area contributed by atoms with Gasteiger partial charge >= 0.3 is 0 Å². The maximum atomic E-state index is 12.9. The van der Waals surface area contributed by atoms with E-state index in [0.717, 1.165) is 16.8 Å². The predicted octanol–water partition coefficient (Wildman–Crippen LogP) is 3.02. The number of hydrogen-bond acceptors (Lipinski definition) is 3. The van der Waals surface area contributed by atoms with Gasteiger partial charge in [-0.05, 0) is 42.3 Å². The van der Waals surface area contributed by atoms with Gasteiger partial charge in [0.15, 0.2) is 5.82 Å². The van der Waals surface area contributed by atoms with E-state index in [0.29, 0.717) is 18.1 Å². The SMILES string of the molecule is Cc1cccc(NC(=O)Cc2n[nH]c(Cc3ccc(F)cc3)n2)c1. The first-order valence-electron chi connectivity index (χ1n) is 7.59. The van der Waals surface area contributed by atoms with Gasteiger partial charge in [0.05, 0.1) is 6.42 Å². The molecule has 0 aliphatic heterocycles. The lowest BCUT2D eigenvalue weighted by molar-refractivity contribution is -0.115. The van der Waals surface area contributed by atoms with Crippen molar-refractivity contribution in [1.29, 1.82) is 0 Å². The highest BCUT2D eigenvalue weighted by Gasteiger charge is 2.10. The van der Waals surface area contributed by atoms with Gasteiger partial charge in [0.1, 0.15) is 11.6 Å². The molecule has 2 aromatic carbocycles. The zero-order valence-electron chi connectivity index (χ0n) is 13.2. The fourth-order valence-electron chi connectivity index (χ4n) is 2.36. The number of hydrogen-bond donors (Lipinski definition) is 2. The Bertz CT molecular complexity index is 842. The van der Waals surface area contributed by atoms with Crippen molar-refractivity contribution in [2.75, 3.05) is 5.32 Å². The maximum Gasteiger partial charge on any atom is 0.232 e. The van der Waals surface area contributed by atoms with E-state index in [1.807, 2.05) is 31.2 Å². The van der Waals surface area contributed by atoms with E-state index in [1.165, 1.54) is 12.1 Å². The van der Waals surface area contributed by atoms with Crippen LogP contribution in [-0.4, -0.2) is 21.1 Å². The van der Waals surface area contributed by atoms with Crippen LogP contribution in [0.2, 0.25) is 0 Å². The highest BCUT2D eigenvalue weighted by Crippen LogP contribution is 2.10. The molecule has 0 saturated heterocycles. The largest absolute Gasteiger partial charge is 0.326 e. The number of halogens is 1. The summed E-state index contributed by atoms with van der Waals surface area (Å²) in [6.07, 6.45) is 0.598. The Hall–Kier alpha value is -3.02. The third-order valence-electron chi connectivity index (χ3n) is 3.48. The van der Waals surface area contributed by atoms with Gasteiger partial charge in [0.2, 0.25) is 5.91 Å². The summed E-state index contributed by atoms with van der Waals surface area (Å²) in [5, 5.41) is 9.69. The fraction of sp³-hybridized carbons (Fsp3) is 0.167. The van der Waals surface area contributed by atoms with Crippen LogP contribution in [-0.2, 0) is 17.6 Å². The number of aryl methyl sites for hydroxylation is 1. The van der Waals surface area contributed by atoms with Crippen molar-refractivity contribution in [1.82, 2.24) is 15.2 Å². The lowest BCUT2D eigenvalue weighted by Crippen LogP contribution is -2.15. The quantitative estimate of drug-likeness (QED) is 0.758. The summed E-state index contributed by atoms with van der Waals surface area (Å²) >= 11 is 0. The summed E-state index contributed by atoms with van der Waals surface area (Å²) in [6.45, 7) is 1.96. The number of carbonyl (C=O) groups excluding carboxylic acids is 1. The van der Waals surface area contributed by atoms with Crippen LogP contribution in [0.15, 0.2) is 48.5 Å². The number of anilines is 1. The second-order valence-corrected chi connectivity index (χ2v) is 5.60. The minimum atomic E-state index is -0.273. The number of carbonyl (C=O) groups is 1. The van der Waals surface area contributed by atoms with Crippen LogP contribution < -0.4 is 5.32 Å². The summed E-state index contributed by atoms with van der Waals surface area (Å²) in [5.74, 6) is 0.620. The van der Waals surface area contributed by atoms with Crippen molar-refractivity contribution in [3.8, 4) is 0 Å². The van der Waals surface area contributed by atoms with Gasteiger partial charge in [0, 0.05) is 12.1 Å². The zero-order valence-corrected chi connectivity index (χ0v) is 13.2. The van der Waals surface area contributed by atoms with Crippen molar-refractivity contribution >= 4 is 11.6 Å². The van der Waals surface area contributed by atoms with Crippen molar-refractivity contribution < 1.29 is 9.18 Å².